The molecule has 1 saturated heterocycles. The molecule has 1 aliphatic heterocycles. The average Bonchev–Trinajstić information content (AvgIpc) is 3.46. The topological polar surface area (TPSA) is 132 Å². The molecule has 11 nitrogen and oxygen atoms in total. The van der Waals surface area contributed by atoms with Gasteiger partial charge in [-0.15, -0.1) is 11.3 Å². The van der Waals surface area contributed by atoms with Gasteiger partial charge in [-0.05, 0) is 5.92 Å². The summed E-state index contributed by atoms with van der Waals surface area (Å²) < 4.78 is 3.87. The van der Waals surface area contributed by atoms with Crippen molar-refractivity contribution >= 4 is 50.7 Å². The summed E-state index contributed by atoms with van der Waals surface area (Å²) in [5.41, 5.74) is -1.08. The molecule has 4 rings (SSSR count). The SMILES string of the molecule is CC(C)Cn1c(=O)n(C)c(=O)c2c(C(=O)N3CC(O)CO3)c(Cn3c(CO)nc(Cl)c3Cl)sc21. The number of fused-ring (bicyclic) bond motifs is 1. The molecule has 2 N–H and O–H groups in total. The Morgan fingerprint density at radius 2 is 2.00 bits per heavy atom. The van der Waals surface area contributed by atoms with Crippen molar-refractivity contribution in [2.75, 3.05) is 13.2 Å². The summed E-state index contributed by atoms with van der Waals surface area (Å²) in [5, 5.41) is 20.7. The van der Waals surface area contributed by atoms with Crippen molar-refractivity contribution in [3.8, 4) is 0 Å². The first kappa shape index (κ1) is 24.9. The predicted molar refractivity (Wildman–Crippen MR) is 126 cm³/mol. The van der Waals surface area contributed by atoms with Crippen LogP contribution in [-0.2, 0) is 31.6 Å². The molecule has 0 saturated carbocycles. The molecule has 3 aromatic rings. The lowest BCUT2D eigenvalue weighted by atomic mass is 10.1. The maximum Gasteiger partial charge on any atom is 0.331 e. The van der Waals surface area contributed by atoms with Gasteiger partial charge < -0.3 is 14.8 Å². The van der Waals surface area contributed by atoms with Crippen molar-refractivity contribution < 1.29 is 19.8 Å². The monoisotopic (exact) mass is 531 g/mol. The first-order valence-electron chi connectivity index (χ1n) is 10.4. The van der Waals surface area contributed by atoms with Crippen LogP contribution in [0.1, 0.15) is 34.9 Å². The van der Waals surface area contributed by atoms with E-state index >= 15 is 0 Å². The van der Waals surface area contributed by atoms with Crippen LogP contribution in [-0.4, -0.2) is 59.1 Å². The van der Waals surface area contributed by atoms with E-state index in [0.29, 0.717) is 16.3 Å². The summed E-state index contributed by atoms with van der Waals surface area (Å²) in [5.74, 6) is -0.369. The highest BCUT2D eigenvalue weighted by atomic mass is 35.5. The number of thiophene rings is 1. The Labute approximate surface area is 207 Å². The number of nitrogens with zero attached hydrogens (tertiary/aromatic N) is 5. The van der Waals surface area contributed by atoms with Gasteiger partial charge in [0.25, 0.3) is 11.5 Å². The molecule has 14 heteroatoms. The fourth-order valence-electron chi connectivity index (χ4n) is 3.85. The van der Waals surface area contributed by atoms with Gasteiger partial charge in [0, 0.05) is 18.5 Å². The lowest BCUT2D eigenvalue weighted by Gasteiger charge is -2.16. The first-order valence-corrected chi connectivity index (χ1v) is 12.0. The number of aliphatic hydroxyl groups excluding tert-OH is 2. The number of hydroxylamine groups is 2. The molecule has 4 heterocycles. The molecular formula is C20H23Cl2N5O6S. The van der Waals surface area contributed by atoms with Gasteiger partial charge in [-0.2, -0.15) is 0 Å². The maximum atomic E-state index is 13.5. The van der Waals surface area contributed by atoms with Gasteiger partial charge in [0.05, 0.1) is 24.0 Å². The Hall–Kier alpha value is -2.22. The molecule has 1 fully saturated rings. The third-order valence-electron chi connectivity index (χ3n) is 5.42. The van der Waals surface area contributed by atoms with Gasteiger partial charge in [0.2, 0.25) is 0 Å². The molecule has 1 aliphatic rings. The molecule has 3 aromatic heterocycles. The van der Waals surface area contributed by atoms with Gasteiger partial charge in [0.15, 0.2) is 5.15 Å². The molecule has 0 aliphatic carbocycles. The minimum absolute atomic E-state index is 0.0154. The van der Waals surface area contributed by atoms with Crippen molar-refractivity contribution in [2.24, 2.45) is 13.0 Å². The van der Waals surface area contributed by atoms with Crippen LogP contribution >= 0.6 is 34.5 Å². The van der Waals surface area contributed by atoms with E-state index in [-0.39, 0.29) is 52.7 Å². The van der Waals surface area contributed by atoms with E-state index in [9.17, 15) is 24.6 Å². The zero-order valence-corrected chi connectivity index (χ0v) is 20.9. The van der Waals surface area contributed by atoms with Gasteiger partial charge in [-0.1, -0.05) is 37.0 Å². The summed E-state index contributed by atoms with van der Waals surface area (Å²) in [4.78, 5) is 49.8. The second-order valence-corrected chi connectivity index (χ2v) is 10.2. The van der Waals surface area contributed by atoms with E-state index in [2.05, 4.69) is 4.98 Å². The number of halogens is 2. The number of β-amino-alcohol motifs (C(OH)–C–C–N with tert-alkyl or cyclic N) is 1. The van der Waals surface area contributed by atoms with E-state index in [4.69, 9.17) is 28.0 Å². The Balaban J connectivity index is 2.01. The normalized spacial score (nSPS) is 16.4. The van der Waals surface area contributed by atoms with Crippen LogP contribution in [0.3, 0.4) is 0 Å². The highest BCUT2D eigenvalue weighted by Crippen LogP contribution is 2.33. The van der Waals surface area contributed by atoms with Crippen LogP contribution in [0.5, 0.6) is 0 Å². The standard InChI is InChI=1S/C20H23Cl2N5O6S/c1-9(2)4-26-19-14(17(30)24(3)20(26)32)13(18(31)27-5-10(29)8-33-27)11(34-19)6-25-12(7-28)23-15(21)16(25)22/h9-10,28-29H,4-8H2,1-3H3. The number of amides is 1. The largest absolute Gasteiger partial charge is 0.389 e. The summed E-state index contributed by atoms with van der Waals surface area (Å²) in [6.45, 7) is 3.58. The number of carbonyl (C=O) groups is 1. The summed E-state index contributed by atoms with van der Waals surface area (Å²) in [6, 6.07) is 0. The van der Waals surface area contributed by atoms with Crippen molar-refractivity contribution in [2.45, 2.75) is 39.6 Å². The quantitative estimate of drug-likeness (QED) is 0.488. The minimum Gasteiger partial charge on any atom is -0.389 e. The Morgan fingerprint density at radius 1 is 1.29 bits per heavy atom. The number of hydrogen-bond acceptors (Lipinski definition) is 8. The Morgan fingerprint density at radius 3 is 2.59 bits per heavy atom. The molecule has 0 aromatic carbocycles. The smallest absolute Gasteiger partial charge is 0.331 e. The number of aliphatic hydroxyl groups is 2. The van der Waals surface area contributed by atoms with Crippen LogP contribution in [0.25, 0.3) is 10.2 Å². The highest BCUT2D eigenvalue weighted by molar-refractivity contribution is 7.19. The number of carbonyl (C=O) groups excluding carboxylic acids is 1. The van der Waals surface area contributed by atoms with Crippen molar-refractivity contribution in [3.05, 3.63) is 47.4 Å². The average molecular weight is 532 g/mol. The number of rotatable bonds is 6. The lowest BCUT2D eigenvalue weighted by molar-refractivity contribution is -0.0778. The number of hydrogen-bond donors (Lipinski definition) is 2. The zero-order valence-electron chi connectivity index (χ0n) is 18.6. The van der Waals surface area contributed by atoms with Crippen LogP contribution in [0.2, 0.25) is 10.3 Å². The van der Waals surface area contributed by atoms with Crippen LogP contribution in [0.4, 0.5) is 0 Å². The summed E-state index contributed by atoms with van der Waals surface area (Å²) >= 11 is 13.4. The predicted octanol–water partition coefficient (Wildman–Crippen LogP) is 1.21. The molecule has 0 spiro atoms. The fraction of sp³-hybridized carbons (Fsp3) is 0.500. The van der Waals surface area contributed by atoms with E-state index in [1.165, 1.54) is 16.2 Å². The van der Waals surface area contributed by atoms with Crippen molar-refractivity contribution in [1.29, 1.82) is 0 Å². The molecule has 0 radical (unpaired) electrons. The summed E-state index contributed by atoms with van der Waals surface area (Å²) in [7, 11) is 1.36. The molecule has 1 atom stereocenters. The van der Waals surface area contributed by atoms with Gasteiger partial charge >= 0.3 is 5.69 Å². The number of aromatic nitrogens is 4. The zero-order chi connectivity index (χ0) is 24.9. The lowest BCUT2D eigenvalue weighted by Crippen LogP contribution is -2.39. The van der Waals surface area contributed by atoms with Crippen molar-refractivity contribution in [1.82, 2.24) is 23.7 Å². The minimum atomic E-state index is -0.859. The second kappa shape index (κ2) is 9.44. The van der Waals surface area contributed by atoms with Crippen LogP contribution < -0.4 is 11.2 Å². The first-order chi connectivity index (χ1) is 16.0. The molecule has 1 unspecified atom stereocenters. The third-order valence-corrected chi connectivity index (χ3v) is 7.36. The molecule has 0 bridgehead atoms. The molecular weight excluding hydrogens is 509 g/mol. The Bertz CT molecular complexity index is 1390. The number of imidazole rings is 1. The Kier molecular flexibility index (Phi) is 6.91. The van der Waals surface area contributed by atoms with E-state index < -0.39 is 29.9 Å². The molecule has 34 heavy (non-hydrogen) atoms. The third kappa shape index (κ3) is 4.18. The van der Waals surface area contributed by atoms with E-state index in [1.807, 2.05) is 13.8 Å². The van der Waals surface area contributed by atoms with Gasteiger partial charge in [-0.3, -0.25) is 23.6 Å². The maximum absolute atomic E-state index is 13.5. The van der Waals surface area contributed by atoms with E-state index in [1.54, 1.807) is 0 Å². The van der Waals surface area contributed by atoms with Gasteiger partial charge in [-0.25, -0.2) is 14.8 Å². The highest BCUT2D eigenvalue weighted by Gasteiger charge is 2.33. The van der Waals surface area contributed by atoms with Gasteiger partial charge in [0.1, 0.15) is 35.1 Å². The molecule has 1 amide bonds. The van der Waals surface area contributed by atoms with Crippen LogP contribution in [0.15, 0.2) is 9.59 Å². The van der Waals surface area contributed by atoms with Crippen molar-refractivity contribution in [3.63, 3.8) is 0 Å². The summed E-state index contributed by atoms with van der Waals surface area (Å²) in [6.07, 6.45) is -0.859. The van der Waals surface area contributed by atoms with E-state index in [0.717, 1.165) is 21.0 Å². The molecule has 184 valence electrons. The fourth-order valence-corrected chi connectivity index (χ4v) is 5.52. The second-order valence-electron chi connectivity index (χ2n) is 8.40. The van der Waals surface area contributed by atoms with Crippen LogP contribution in [0, 0.1) is 5.92 Å².